The number of amides is 1. The summed E-state index contributed by atoms with van der Waals surface area (Å²) in [4.78, 5) is 16.9. The Hall–Kier alpha value is -4.70. The maximum absolute atomic E-state index is 13.6. The van der Waals surface area contributed by atoms with Gasteiger partial charge in [-0.3, -0.25) is 9.52 Å². The molecule has 0 atom stereocenters. The Labute approximate surface area is 260 Å². The molecule has 0 saturated heterocycles. The van der Waals surface area contributed by atoms with Gasteiger partial charge in [0.05, 0.1) is 18.4 Å². The number of rotatable bonds is 14. The highest BCUT2D eigenvalue weighted by Gasteiger charge is 2.21. The van der Waals surface area contributed by atoms with Gasteiger partial charge in [0, 0.05) is 57.3 Å². The molecule has 4 aromatic rings. The number of nitrogens with one attached hydrogen (secondary N) is 3. The van der Waals surface area contributed by atoms with E-state index >= 15 is 0 Å². The topological polar surface area (TPSA) is 103 Å². The molecule has 3 N–H and O–H groups in total. The average Bonchev–Trinajstić information content (AvgIpc) is 3.03. The predicted molar refractivity (Wildman–Crippen MR) is 181 cm³/mol. The number of hydrogen-bond donors (Lipinski definition) is 3. The number of nitrogens with zero attached hydrogens (tertiary/aromatic N) is 2. The monoisotopic (exact) mass is 615 g/mol. The van der Waals surface area contributed by atoms with E-state index in [1.54, 1.807) is 36.4 Å². The average molecular weight is 616 g/mol. The summed E-state index contributed by atoms with van der Waals surface area (Å²) in [5.74, 6) is 0.0931. The number of anilines is 4. The Morgan fingerprint density at radius 2 is 1.50 bits per heavy atom. The lowest BCUT2D eigenvalue weighted by molar-refractivity contribution is 0.0955. The van der Waals surface area contributed by atoms with E-state index in [0.29, 0.717) is 30.0 Å². The van der Waals surface area contributed by atoms with Gasteiger partial charge in [-0.05, 0) is 79.6 Å². The van der Waals surface area contributed by atoms with Gasteiger partial charge in [0.1, 0.15) is 10.6 Å². The number of ether oxygens (including phenoxy) is 1. The lowest BCUT2D eigenvalue weighted by Gasteiger charge is -2.21. The van der Waals surface area contributed by atoms with Gasteiger partial charge in [0.25, 0.3) is 15.9 Å². The van der Waals surface area contributed by atoms with Crippen molar-refractivity contribution in [2.24, 2.45) is 0 Å². The van der Waals surface area contributed by atoms with Gasteiger partial charge < -0.3 is 25.2 Å². The van der Waals surface area contributed by atoms with E-state index in [9.17, 15) is 13.2 Å². The molecule has 10 heteroatoms. The Morgan fingerprint density at radius 3 is 2.23 bits per heavy atom. The summed E-state index contributed by atoms with van der Waals surface area (Å²) in [7, 11) is 1.26. The zero-order chi connectivity index (χ0) is 31.7. The molecule has 9 nitrogen and oxygen atoms in total. The van der Waals surface area contributed by atoms with E-state index in [1.165, 1.54) is 7.11 Å². The first-order chi connectivity index (χ1) is 21.2. The summed E-state index contributed by atoms with van der Waals surface area (Å²) in [5.41, 5.74) is 5.31. The highest BCUT2D eigenvalue weighted by molar-refractivity contribution is 7.92. The second-order valence-electron chi connectivity index (χ2n) is 10.4. The van der Waals surface area contributed by atoms with Crippen molar-refractivity contribution in [1.29, 1.82) is 0 Å². The van der Waals surface area contributed by atoms with Crippen LogP contribution in [0.4, 0.5) is 22.7 Å². The zero-order valence-corrected chi connectivity index (χ0v) is 26.7. The van der Waals surface area contributed by atoms with Gasteiger partial charge in [0.15, 0.2) is 0 Å². The summed E-state index contributed by atoms with van der Waals surface area (Å²) < 4.78 is 35.4. The molecule has 0 aliphatic heterocycles. The molecule has 0 aromatic heterocycles. The van der Waals surface area contributed by atoms with Gasteiger partial charge in [-0.15, -0.1) is 0 Å². The van der Waals surface area contributed by atoms with Gasteiger partial charge in [-0.25, -0.2) is 8.42 Å². The van der Waals surface area contributed by atoms with Crippen LogP contribution in [-0.4, -0.2) is 61.7 Å². The Bertz CT molecular complexity index is 1690. The minimum Gasteiger partial charge on any atom is -0.495 e. The Balaban J connectivity index is 1.45. The Kier molecular flexibility index (Phi) is 10.7. The minimum absolute atomic E-state index is 0.0461. The third-order valence-electron chi connectivity index (χ3n) is 7.25. The van der Waals surface area contributed by atoms with Crippen LogP contribution in [0.1, 0.15) is 24.2 Å². The molecule has 232 valence electrons. The summed E-state index contributed by atoms with van der Waals surface area (Å²) in [5, 5.41) is 6.17. The first-order valence-corrected chi connectivity index (χ1v) is 16.1. The molecular formula is C34H41N5O4S. The number of hydrogen-bond acceptors (Lipinski definition) is 7. The molecule has 0 bridgehead atoms. The highest BCUT2D eigenvalue weighted by Crippen LogP contribution is 2.33. The number of para-hydroxylation sites is 1. The van der Waals surface area contributed by atoms with Gasteiger partial charge in [-0.2, -0.15) is 0 Å². The van der Waals surface area contributed by atoms with E-state index in [-0.39, 0.29) is 16.6 Å². The van der Waals surface area contributed by atoms with Crippen LogP contribution in [0.5, 0.6) is 5.75 Å². The summed E-state index contributed by atoms with van der Waals surface area (Å²) in [6.07, 6.45) is 0. The fraction of sp³-hybridized carbons (Fsp3) is 0.265. The molecule has 44 heavy (non-hydrogen) atoms. The summed E-state index contributed by atoms with van der Waals surface area (Å²) >= 11 is 0. The molecule has 0 saturated carbocycles. The highest BCUT2D eigenvalue weighted by atomic mass is 32.2. The van der Waals surface area contributed by atoms with Gasteiger partial charge in [0.2, 0.25) is 0 Å². The van der Waals surface area contributed by atoms with E-state index in [0.717, 1.165) is 35.6 Å². The maximum Gasteiger partial charge on any atom is 0.265 e. The molecule has 4 rings (SSSR count). The Morgan fingerprint density at radius 1 is 0.795 bits per heavy atom. The molecule has 0 radical (unpaired) electrons. The largest absolute Gasteiger partial charge is 0.495 e. The van der Waals surface area contributed by atoms with Crippen molar-refractivity contribution >= 4 is 38.7 Å². The summed E-state index contributed by atoms with van der Waals surface area (Å²) in [6, 6.07) is 27.7. The van der Waals surface area contributed by atoms with Crippen LogP contribution in [0.2, 0.25) is 0 Å². The van der Waals surface area contributed by atoms with Crippen molar-refractivity contribution in [2.45, 2.75) is 18.7 Å². The predicted octanol–water partition coefficient (Wildman–Crippen LogP) is 5.92. The first-order valence-electron chi connectivity index (χ1n) is 14.6. The zero-order valence-electron chi connectivity index (χ0n) is 25.9. The van der Waals surface area contributed by atoms with E-state index in [1.807, 2.05) is 61.5 Å². The van der Waals surface area contributed by atoms with E-state index < -0.39 is 10.0 Å². The second-order valence-corrected chi connectivity index (χ2v) is 12.0. The van der Waals surface area contributed by atoms with Crippen molar-refractivity contribution < 1.29 is 17.9 Å². The third kappa shape index (κ3) is 7.82. The molecule has 0 fully saturated rings. The van der Waals surface area contributed by atoms with E-state index in [4.69, 9.17) is 4.74 Å². The lowest BCUT2D eigenvalue weighted by Crippen LogP contribution is -2.30. The third-order valence-corrected chi connectivity index (χ3v) is 8.65. The fourth-order valence-electron chi connectivity index (χ4n) is 4.97. The number of carbonyl (C=O) groups is 1. The van der Waals surface area contributed by atoms with Crippen molar-refractivity contribution in [3.63, 3.8) is 0 Å². The molecule has 4 aromatic carbocycles. The number of methoxy groups -OCH3 is 1. The van der Waals surface area contributed by atoms with Crippen molar-refractivity contribution in [1.82, 2.24) is 5.32 Å². The van der Waals surface area contributed by atoms with Crippen LogP contribution in [-0.2, 0) is 10.0 Å². The summed E-state index contributed by atoms with van der Waals surface area (Å²) in [6.45, 7) is 6.80. The van der Waals surface area contributed by atoms with Crippen LogP contribution < -0.4 is 29.9 Å². The van der Waals surface area contributed by atoms with Gasteiger partial charge in [-0.1, -0.05) is 36.4 Å². The molecule has 0 heterocycles. The maximum atomic E-state index is 13.6. The molecule has 0 spiro atoms. The van der Waals surface area contributed by atoms with E-state index in [2.05, 4.69) is 46.2 Å². The van der Waals surface area contributed by atoms with Crippen LogP contribution in [0.25, 0.3) is 11.1 Å². The van der Waals surface area contributed by atoms with Crippen LogP contribution in [0.15, 0.2) is 95.9 Å². The molecule has 0 aliphatic rings. The van der Waals surface area contributed by atoms with Crippen LogP contribution in [0, 0.1) is 0 Å². The minimum atomic E-state index is -3.99. The SMILES string of the molecule is CCN(CC)c1cccc(-c2ccc(OC)c(S(=O)(=O)Nc3cccc(NCCNC(=O)c4ccccc4N(C)C)c3)c2)c1. The molecule has 1 amide bonds. The lowest BCUT2D eigenvalue weighted by atomic mass is 10.0. The van der Waals surface area contributed by atoms with Crippen LogP contribution >= 0.6 is 0 Å². The number of carbonyl (C=O) groups excluding carboxylic acids is 1. The van der Waals surface area contributed by atoms with Crippen LogP contribution in [0.3, 0.4) is 0 Å². The van der Waals surface area contributed by atoms with Crippen molar-refractivity contribution in [2.75, 3.05) is 67.2 Å². The standard InChI is InChI=1S/C34H41N5O4S/c1-6-39(7-2)29-15-10-12-25(22-29)26-18-19-32(43-5)33(23-26)44(41,42)37-28-14-11-13-27(24-28)35-20-21-36-34(40)30-16-8-9-17-31(30)38(3)4/h8-19,22-24,35,37H,6-7,20-21H2,1-5H3,(H,36,40). The molecule has 0 unspecified atom stereocenters. The quantitative estimate of drug-likeness (QED) is 0.151. The molecular weight excluding hydrogens is 574 g/mol. The molecule has 0 aliphatic carbocycles. The fourth-order valence-corrected chi connectivity index (χ4v) is 6.22. The van der Waals surface area contributed by atoms with Gasteiger partial charge >= 0.3 is 0 Å². The first kappa shape index (κ1) is 32.2. The number of sulfonamides is 1. The van der Waals surface area contributed by atoms with Crippen molar-refractivity contribution in [3.8, 4) is 16.9 Å². The normalized spacial score (nSPS) is 11.0. The second kappa shape index (κ2) is 14.7. The smallest absolute Gasteiger partial charge is 0.265 e. The number of benzene rings is 4. The van der Waals surface area contributed by atoms with Crippen molar-refractivity contribution in [3.05, 3.63) is 96.6 Å².